The second-order valence-electron chi connectivity index (χ2n) is 4.90. The molecule has 2 aromatic rings. The van der Waals surface area contributed by atoms with Gasteiger partial charge in [-0.3, -0.25) is 5.14 Å². The summed E-state index contributed by atoms with van der Waals surface area (Å²) < 4.78 is 10.0. The monoisotopic (exact) mass is 364 g/mol. The molecule has 0 aliphatic rings. The van der Waals surface area contributed by atoms with Crippen LogP contribution >= 0.6 is 11.9 Å². The summed E-state index contributed by atoms with van der Waals surface area (Å²) in [5.74, 6) is 0. The Morgan fingerprint density at radius 2 is 1.36 bits per heavy atom. The molecule has 0 radical (unpaired) electrons. The van der Waals surface area contributed by atoms with Crippen LogP contribution in [0.1, 0.15) is 16.7 Å². The Balaban J connectivity index is 1.72. The van der Waals surface area contributed by atoms with Crippen molar-refractivity contribution in [3.05, 3.63) is 75.3 Å². The summed E-state index contributed by atoms with van der Waals surface area (Å²) in [4.78, 5) is 26.9. The highest BCUT2D eigenvalue weighted by Gasteiger charge is 2.06. The number of nitrogens with zero attached hydrogens (tertiary/aromatic N) is 1. The fraction of sp³-hybridized carbons (Fsp3) is 0.188. The van der Waals surface area contributed by atoms with Gasteiger partial charge < -0.3 is 14.3 Å². The number of hydrogen-bond acceptors (Lipinski definition) is 8. The van der Waals surface area contributed by atoms with Crippen molar-refractivity contribution in [1.29, 1.82) is 0 Å². The first-order valence-electron chi connectivity index (χ1n) is 7.17. The lowest BCUT2D eigenvalue weighted by atomic mass is 10.1. The van der Waals surface area contributed by atoms with Crippen LogP contribution in [0.3, 0.4) is 0 Å². The Kier molecular flexibility index (Phi) is 7.05. The van der Waals surface area contributed by atoms with Crippen LogP contribution in [-0.2, 0) is 34.1 Å². The minimum absolute atomic E-state index is 0.0396. The minimum Gasteiger partial charge on any atom is -0.429 e. The molecule has 0 amide bonds. The molecular weight excluding hydrogens is 348 g/mol. The normalized spacial score (nSPS) is 10.1. The molecule has 2 N–H and O–H groups in total. The number of carbonyl (C=O) groups is 1. The number of ether oxygens (including phenoxy) is 2. The van der Waals surface area contributed by atoms with Gasteiger partial charge in [0.15, 0.2) is 0 Å². The number of nitrogens with two attached hydrogens (primary N) is 1. The van der Waals surface area contributed by atoms with Crippen molar-refractivity contribution >= 4 is 18.1 Å². The van der Waals surface area contributed by atoms with Crippen molar-refractivity contribution in [2.75, 3.05) is 0 Å². The van der Waals surface area contributed by atoms with Crippen molar-refractivity contribution in [2.24, 2.45) is 5.14 Å². The lowest BCUT2D eigenvalue weighted by Crippen LogP contribution is -2.07. The maximum atomic E-state index is 11.6. The highest BCUT2D eigenvalue weighted by molar-refractivity contribution is 7.97. The molecule has 8 nitrogen and oxygen atoms in total. The maximum absolute atomic E-state index is 11.6. The lowest BCUT2D eigenvalue weighted by Gasteiger charge is -2.07. The van der Waals surface area contributed by atoms with Crippen molar-refractivity contribution in [3.8, 4) is 0 Å². The average Bonchev–Trinajstić information content (AvgIpc) is 2.64. The quantitative estimate of drug-likeness (QED) is 0.329. The third-order valence-corrected chi connectivity index (χ3v) is 3.68. The van der Waals surface area contributed by atoms with Gasteiger partial charge in [-0.25, -0.2) is 4.79 Å². The van der Waals surface area contributed by atoms with Crippen LogP contribution in [0, 0.1) is 10.1 Å². The van der Waals surface area contributed by atoms with E-state index in [1.165, 1.54) is 0 Å². The van der Waals surface area contributed by atoms with Crippen LogP contribution in [0.4, 0.5) is 4.79 Å². The minimum atomic E-state index is -0.852. The van der Waals surface area contributed by atoms with Crippen molar-refractivity contribution in [2.45, 2.75) is 24.7 Å². The van der Waals surface area contributed by atoms with Gasteiger partial charge in [0.05, 0.1) is 0 Å². The molecule has 132 valence electrons. The average molecular weight is 364 g/mol. The van der Waals surface area contributed by atoms with E-state index in [1.54, 1.807) is 24.3 Å². The third kappa shape index (κ3) is 6.69. The highest BCUT2D eigenvalue weighted by atomic mass is 32.2. The number of hydrogen-bond donors (Lipinski definition) is 1. The van der Waals surface area contributed by atoms with Crippen molar-refractivity contribution in [3.63, 3.8) is 0 Å². The van der Waals surface area contributed by atoms with Gasteiger partial charge >= 0.3 is 6.16 Å². The highest BCUT2D eigenvalue weighted by Crippen LogP contribution is 2.13. The maximum Gasteiger partial charge on any atom is 0.508 e. The summed E-state index contributed by atoms with van der Waals surface area (Å²) in [7, 11) is 0. The van der Waals surface area contributed by atoms with Crippen LogP contribution in [0.15, 0.2) is 53.4 Å². The summed E-state index contributed by atoms with van der Waals surface area (Å²) in [6, 6.07) is 14.0. The van der Waals surface area contributed by atoms with Crippen LogP contribution in [-0.4, -0.2) is 11.2 Å². The summed E-state index contributed by atoms with van der Waals surface area (Å²) in [6.45, 7) is 0.0150. The lowest BCUT2D eigenvalue weighted by molar-refractivity contribution is -0.763. The molecule has 0 aliphatic carbocycles. The Morgan fingerprint density at radius 3 is 1.80 bits per heavy atom. The van der Waals surface area contributed by atoms with Crippen molar-refractivity contribution in [1.82, 2.24) is 0 Å². The molecule has 0 spiro atoms. The van der Waals surface area contributed by atoms with Crippen LogP contribution in [0.5, 0.6) is 0 Å². The molecule has 0 atom stereocenters. The van der Waals surface area contributed by atoms with Gasteiger partial charge in [-0.2, -0.15) is 0 Å². The molecule has 0 fully saturated rings. The van der Waals surface area contributed by atoms with Crippen molar-refractivity contribution < 1.29 is 24.2 Å². The summed E-state index contributed by atoms with van der Waals surface area (Å²) in [5.41, 5.74) is 2.19. The Bertz CT molecular complexity index is 706. The van der Waals surface area contributed by atoms with Crippen LogP contribution in [0.2, 0.25) is 0 Å². The van der Waals surface area contributed by atoms with E-state index in [0.29, 0.717) is 5.56 Å². The molecule has 2 rings (SSSR count). The van der Waals surface area contributed by atoms with E-state index >= 15 is 0 Å². The topological polar surface area (TPSA) is 114 Å². The molecule has 0 bridgehead atoms. The smallest absolute Gasteiger partial charge is 0.429 e. The van der Waals surface area contributed by atoms with Crippen LogP contribution < -0.4 is 5.14 Å². The number of benzene rings is 2. The number of carbonyl (C=O) groups excluding carboxylic acids is 1. The molecule has 0 saturated heterocycles. The molecule has 9 heteroatoms. The standard InChI is InChI=1S/C16H16N2O6S/c17-25-15-7-5-13(6-8-15)10-23-16(19)22-9-12-1-3-14(4-2-12)11-24-18(20)21/h1-8H,9-11,17H2. The molecule has 0 aromatic heterocycles. The second-order valence-corrected chi connectivity index (χ2v) is 5.61. The first kappa shape index (κ1) is 18.6. The molecular formula is C16H16N2O6S. The van der Waals surface area contributed by atoms with E-state index in [1.807, 2.05) is 24.3 Å². The zero-order valence-corrected chi connectivity index (χ0v) is 13.9. The summed E-state index contributed by atoms with van der Waals surface area (Å²) in [6.07, 6.45) is -0.780. The van der Waals surface area contributed by atoms with Gasteiger partial charge in [0.2, 0.25) is 0 Å². The largest absolute Gasteiger partial charge is 0.508 e. The van der Waals surface area contributed by atoms with E-state index in [2.05, 4.69) is 4.84 Å². The summed E-state index contributed by atoms with van der Waals surface area (Å²) >= 11 is 1.14. The predicted octanol–water partition coefficient (Wildman–Crippen LogP) is 3.21. The first-order valence-corrected chi connectivity index (χ1v) is 8.05. The first-order chi connectivity index (χ1) is 12.1. The predicted molar refractivity (Wildman–Crippen MR) is 89.7 cm³/mol. The zero-order chi connectivity index (χ0) is 18.1. The number of rotatable bonds is 8. The van der Waals surface area contributed by atoms with E-state index in [9.17, 15) is 14.9 Å². The fourth-order valence-corrected chi connectivity index (χ4v) is 2.14. The van der Waals surface area contributed by atoms with Gasteiger partial charge in [-0.15, -0.1) is 10.1 Å². The van der Waals surface area contributed by atoms with Crippen LogP contribution in [0.25, 0.3) is 0 Å². The Morgan fingerprint density at radius 1 is 0.920 bits per heavy atom. The van der Waals surface area contributed by atoms with Gasteiger partial charge in [0.25, 0.3) is 5.09 Å². The molecule has 2 aromatic carbocycles. The molecule has 0 unspecified atom stereocenters. The van der Waals surface area contributed by atoms with Gasteiger partial charge in [0.1, 0.15) is 19.8 Å². The Labute approximate surface area is 148 Å². The SMILES string of the molecule is NSc1ccc(COC(=O)OCc2ccc(CO[N+](=O)[O-])cc2)cc1. The van der Waals surface area contributed by atoms with E-state index in [4.69, 9.17) is 14.6 Å². The zero-order valence-electron chi connectivity index (χ0n) is 13.1. The van der Waals surface area contributed by atoms with E-state index in [-0.39, 0.29) is 19.8 Å². The molecule has 0 saturated carbocycles. The van der Waals surface area contributed by atoms with Gasteiger partial charge in [-0.05, 0) is 40.8 Å². The third-order valence-electron chi connectivity index (χ3n) is 3.13. The van der Waals surface area contributed by atoms with Gasteiger partial charge in [-0.1, -0.05) is 36.4 Å². The van der Waals surface area contributed by atoms with E-state index < -0.39 is 11.2 Å². The molecule has 25 heavy (non-hydrogen) atoms. The Hall–Kier alpha value is -2.78. The van der Waals surface area contributed by atoms with Gasteiger partial charge in [0, 0.05) is 4.90 Å². The second kappa shape index (κ2) is 9.50. The fourth-order valence-electron chi connectivity index (χ4n) is 1.85. The molecule has 0 heterocycles. The molecule has 0 aliphatic heterocycles. The summed E-state index contributed by atoms with van der Waals surface area (Å²) in [5, 5.41) is 14.7. The van der Waals surface area contributed by atoms with E-state index in [0.717, 1.165) is 28.0 Å².